The molecular formula is C22H27ClO. The molecule has 0 aliphatic heterocycles. The maximum Gasteiger partial charge on any atom is 0.131 e. The molecule has 1 nitrogen and oxygen atoms in total. The number of carbonyl (C=O) groups excluding carboxylic acids is 1. The first kappa shape index (κ1) is 18.7. The van der Waals surface area contributed by atoms with Crippen LogP contribution in [0.1, 0.15) is 47.1 Å². The van der Waals surface area contributed by atoms with E-state index in [1.54, 1.807) is 0 Å². The predicted molar refractivity (Wildman–Crippen MR) is 104 cm³/mol. The maximum absolute atomic E-state index is 11.9. The minimum Gasteiger partial charge on any atom is -0.302 e. The van der Waals surface area contributed by atoms with Crippen molar-refractivity contribution in [2.45, 2.75) is 41.5 Å². The molecule has 0 N–H and O–H groups in total. The average Bonchev–Trinajstić information content (AvgIpc) is 2.47. The summed E-state index contributed by atoms with van der Waals surface area (Å²) < 4.78 is 0. The first-order valence-corrected chi connectivity index (χ1v) is 8.77. The summed E-state index contributed by atoms with van der Waals surface area (Å²) in [7, 11) is 0. The van der Waals surface area contributed by atoms with Crippen molar-refractivity contribution >= 4 is 24.0 Å². The summed E-state index contributed by atoms with van der Waals surface area (Å²) in [6.45, 7) is 13.0. The van der Waals surface area contributed by atoms with Crippen LogP contribution in [-0.2, 0) is 4.79 Å². The third kappa shape index (κ3) is 4.08. The molecule has 1 aliphatic rings. The van der Waals surface area contributed by atoms with Gasteiger partial charge in [0, 0.05) is 5.02 Å². The van der Waals surface area contributed by atoms with E-state index in [4.69, 9.17) is 11.6 Å². The highest BCUT2D eigenvalue weighted by atomic mass is 35.5. The van der Waals surface area contributed by atoms with Crippen LogP contribution in [0.15, 0.2) is 53.1 Å². The fourth-order valence-electron chi connectivity index (χ4n) is 3.12. The predicted octanol–water partition coefficient (Wildman–Crippen LogP) is 6.50. The molecule has 2 heteroatoms. The number of halogens is 1. The van der Waals surface area contributed by atoms with Gasteiger partial charge >= 0.3 is 0 Å². The molecule has 1 aromatic rings. The Hall–Kier alpha value is -1.60. The highest BCUT2D eigenvalue weighted by molar-refractivity contribution is 6.32. The van der Waals surface area contributed by atoms with E-state index in [-0.39, 0.29) is 16.7 Å². The van der Waals surface area contributed by atoms with Gasteiger partial charge in [0.25, 0.3) is 0 Å². The molecule has 0 aromatic heterocycles. The zero-order valence-corrected chi connectivity index (χ0v) is 16.2. The van der Waals surface area contributed by atoms with Crippen LogP contribution < -0.4 is 0 Å². The molecule has 0 saturated heterocycles. The number of rotatable bonds is 2. The second kappa shape index (κ2) is 6.72. The van der Waals surface area contributed by atoms with Crippen molar-refractivity contribution in [3.8, 4) is 0 Å². The summed E-state index contributed by atoms with van der Waals surface area (Å²) in [4.78, 5) is 11.9. The van der Waals surface area contributed by atoms with Crippen LogP contribution in [0.4, 0.5) is 0 Å². The highest BCUT2D eigenvalue weighted by Gasteiger charge is 2.35. The lowest BCUT2D eigenvalue weighted by Gasteiger charge is -2.37. The summed E-state index contributed by atoms with van der Waals surface area (Å²) >= 11 is 6.31. The first-order valence-electron chi connectivity index (χ1n) is 8.39. The number of benzene rings is 1. The van der Waals surface area contributed by atoms with Crippen LogP contribution in [0.2, 0.25) is 5.02 Å². The Bertz CT molecular complexity index is 687. The van der Waals surface area contributed by atoms with Crippen molar-refractivity contribution in [2.75, 3.05) is 0 Å². The quantitative estimate of drug-likeness (QED) is 0.561. The molecule has 0 bridgehead atoms. The van der Waals surface area contributed by atoms with Gasteiger partial charge in [0.1, 0.15) is 6.29 Å². The van der Waals surface area contributed by atoms with Gasteiger partial charge in [0.05, 0.1) is 5.92 Å². The Balaban J connectivity index is 2.64. The summed E-state index contributed by atoms with van der Waals surface area (Å²) in [6, 6.07) is 7.82. The van der Waals surface area contributed by atoms with Crippen molar-refractivity contribution in [2.24, 2.45) is 16.7 Å². The molecule has 0 spiro atoms. The summed E-state index contributed by atoms with van der Waals surface area (Å²) in [6.07, 6.45) is 7.48. The molecular weight excluding hydrogens is 316 g/mol. The lowest BCUT2D eigenvalue weighted by Crippen LogP contribution is -2.28. The van der Waals surface area contributed by atoms with E-state index < -0.39 is 0 Å². The van der Waals surface area contributed by atoms with E-state index in [1.807, 2.05) is 24.3 Å². The molecule has 0 radical (unpaired) electrons. The molecule has 0 unspecified atom stereocenters. The summed E-state index contributed by atoms with van der Waals surface area (Å²) in [5.74, 6) is -0.159. The van der Waals surface area contributed by atoms with E-state index in [2.05, 4.69) is 59.8 Å². The Labute approximate surface area is 151 Å². The van der Waals surface area contributed by atoms with Crippen molar-refractivity contribution in [1.82, 2.24) is 0 Å². The molecule has 0 amide bonds. The molecule has 2 rings (SSSR count). The van der Waals surface area contributed by atoms with Gasteiger partial charge in [-0.25, -0.2) is 0 Å². The number of aldehydes is 1. The Kier molecular flexibility index (Phi) is 5.25. The zero-order chi connectivity index (χ0) is 18.1. The van der Waals surface area contributed by atoms with E-state index in [1.165, 1.54) is 0 Å². The highest BCUT2D eigenvalue weighted by Crippen LogP contribution is 2.44. The average molecular weight is 343 g/mol. The molecule has 1 aliphatic carbocycles. The smallest absolute Gasteiger partial charge is 0.131 e. The van der Waals surface area contributed by atoms with Crippen LogP contribution in [0.3, 0.4) is 0 Å². The molecule has 0 heterocycles. The van der Waals surface area contributed by atoms with E-state index in [0.29, 0.717) is 0 Å². The Morgan fingerprint density at radius 2 is 1.42 bits per heavy atom. The lowest BCUT2D eigenvalue weighted by atomic mass is 9.67. The zero-order valence-electron chi connectivity index (χ0n) is 15.5. The fourth-order valence-corrected chi connectivity index (χ4v) is 3.31. The Morgan fingerprint density at radius 1 is 0.917 bits per heavy atom. The standard InChI is InChI=1S/C22H27ClO/c1-21(2,3)18-12-15(11-16-9-7-8-10-20(16)23)13-19(17(18)14-24)22(4,5)6/h7-14,17H,1-6H3. The van der Waals surface area contributed by atoms with E-state index in [9.17, 15) is 4.79 Å². The van der Waals surface area contributed by atoms with Crippen molar-refractivity contribution in [1.29, 1.82) is 0 Å². The Morgan fingerprint density at radius 3 is 1.83 bits per heavy atom. The maximum atomic E-state index is 11.9. The van der Waals surface area contributed by atoms with E-state index in [0.717, 1.165) is 33.6 Å². The molecule has 1 aromatic carbocycles. The van der Waals surface area contributed by atoms with Crippen molar-refractivity contribution in [3.63, 3.8) is 0 Å². The second-order valence-corrected chi connectivity index (χ2v) is 8.89. The minimum atomic E-state index is -0.159. The molecule has 128 valence electrons. The SMILES string of the molecule is CC(C)(C)C1=CC(=Cc2ccccc2Cl)C=C(C(C)(C)C)C1C=O. The van der Waals surface area contributed by atoms with E-state index >= 15 is 0 Å². The van der Waals surface area contributed by atoms with Gasteiger partial charge in [-0.1, -0.05) is 83.5 Å². The molecule has 24 heavy (non-hydrogen) atoms. The monoisotopic (exact) mass is 342 g/mol. The van der Waals surface area contributed by atoms with Crippen molar-refractivity contribution in [3.05, 3.63) is 63.7 Å². The van der Waals surface area contributed by atoms with Crippen LogP contribution in [0.25, 0.3) is 6.08 Å². The van der Waals surface area contributed by atoms with Crippen LogP contribution in [0.5, 0.6) is 0 Å². The van der Waals surface area contributed by atoms with Gasteiger partial charge in [-0.15, -0.1) is 0 Å². The van der Waals surface area contributed by atoms with Gasteiger partial charge in [-0.05, 0) is 45.3 Å². The van der Waals surface area contributed by atoms with Crippen LogP contribution >= 0.6 is 11.6 Å². The normalized spacial score (nSPS) is 18.8. The lowest BCUT2D eigenvalue weighted by molar-refractivity contribution is -0.109. The third-order valence-corrected chi connectivity index (χ3v) is 4.75. The first-order chi connectivity index (χ1) is 11.0. The summed E-state index contributed by atoms with van der Waals surface area (Å²) in [5.41, 5.74) is 4.25. The largest absolute Gasteiger partial charge is 0.302 e. The van der Waals surface area contributed by atoms with Gasteiger partial charge in [0.15, 0.2) is 0 Å². The molecule has 0 atom stereocenters. The van der Waals surface area contributed by atoms with Gasteiger partial charge in [-0.3, -0.25) is 0 Å². The summed E-state index contributed by atoms with van der Waals surface area (Å²) in [5, 5.41) is 0.735. The third-order valence-electron chi connectivity index (χ3n) is 4.41. The number of carbonyl (C=O) groups is 1. The van der Waals surface area contributed by atoms with Crippen LogP contribution in [0, 0.1) is 16.7 Å². The van der Waals surface area contributed by atoms with Gasteiger partial charge < -0.3 is 4.79 Å². The van der Waals surface area contributed by atoms with Gasteiger partial charge in [-0.2, -0.15) is 0 Å². The second-order valence-electron chi connectivity index (χ2n) is 8.48. The van der Waals surface area contributed by atoms with Crippen LogP contribution in [-0.4, -0.2) is 6.29 Å². The minimum absolute atomic E-state index is 0.0735. The number of hydrogen-bond donors (Lipinski definition) is 0. The number of hydrogen-bond acceptors (Lipinski definition) is 1. The number of allylic oxidation sites excluding steroid dienone is 5. The topological polar surface area (TPSA) is 17.1 Å². The molecule has 0 fully saturated rings. The fraction of sp³-hybridized carbons (Fsp3) is 0.409. The van der Waals surface area contributed by atoms with Crippen molar-refractivity contribution < 1.29 is 4.79 Å². The molecule has 0 saturated carbocycles. The van der Waals surface area contributed by atoms with Gasteiger partial charge in [0.2, 0.25) is 0 Å².